The minimum absolute atomic E-state index is 0.00584. The van der Waals surface area contributed by atoms with Crippen LogP contribution in [0.5, 0.6) is 0 Å². The van der Waals surface area contributed by atoms with Gasteiger partial charge in [0, 0.05) is 36.6 Å². The van der Waals surface area contributed by atoms with Gasteiger partial charge in [-0.05, 0) is 30.0 Å². The second-order valence-electron chi connectivity index (χ2n) is 4.67. The van der Waals surface area contributed by atoms with E-state index < -0.39 is 0 Å². The summed E-state index contributed by atoms with van der Waals surface area (Å²) in [5, 5.41) is 2.97. The molecule has 0 atom stereocenters. The monoisotopic (exact) mass is 294 g/mol. The fraction of sp³-hybridized carbons (Fsp3) is 0.533. The number of nitrogens with one attached hydrogen (secondary N) is 1. The van der Waals surface area contributed by atoms with Crippen LogP contribution in [0.4, 0.5) is 0 Å². The molecule has 1 saturated heterocycles. The molecule has 1 fully saturated rings. The Morgan fingerprint density at radius 3 is 2.65 bits per heavy atom. The lowest BCUT2D eigenvalue weighted by Crippen LogP contribution is -2.41. The highest BCUT2D eigenvalue weighted by Crippen LogP contribution is 2.17. The second kappa shape index (κ2) is 8.29. The number of amides is 1. The first-order valence-electron chi connectivity index (χ1n) is 7.10. The van der Waals surface area contributed by atoms with Gasteiger partial charge in [0.25, 0.3) is 5.91 Å². The van der Waals surface area contributed by atoms with Gasteiger partial charge < -0.3 is 10.1 Å². The van der Waals surface area contributed by atoms with Crippen molar-refractivity contribution in [2.75, 3.05) is 45.1 Å². The average molecular weight is 294 g/mol. The van der Waals surface area contributed by atoms with E-state index in [0.717, 1.165) is 44.2 Å². The largest absolute Gasteiger partial charge is 0.379 e. The number of hydrogen-bond acceptors (Lipinski definition) is 4. The van der Waals surface area contributed by atoms with Crippen LogP contribution in [0.2, 0.25) is 0 Å². The van der Waals surface area contributed by atoms with E-state index in [4.69, 9.17) is 4.74 Å². The Hall–Kier alpha value is -1.04. The van der Waals surface area contributed by atoms with Crippen LogP contribution < -0.4 is 5.32 Å². The van der Waals surface area contributed by atoms with Crippen LogP contribution in [-0.2, 0) is 4.74 Å². The highest BCUT2D eigenvalue weighted by molar-refractivity contribution is 7.99. The molecular formula is C15H22N2O2S. The molecule has 1 heterocycles. The molecule has 20 heavy (non-hydrogen) atoms. The van der Waals surface area contributed by atoms with Crippen LogP contribution >= 0.6 is 11.8 Å². The first-order chi connectivity index (χ1) is 9.79. The van der Waals surface area contributed by atoms with Crippen molar-refractivity contribution >= 4 is 17.7 Å². The molecule has 1 aromatic rings. The molecule has 0 saturated carbocycles. The van der Waals surface area contributed by atoms with Crippen molar-refractivity contribution in [3.63, 3.8) is 0 Å². The standard InChI is InChI=1S/C15H22N2O2S/c1-2-20-14-5-3-13(4-6-14)15(18)16-7-8-17-9-11-19-12-10-17/h3-6H,2,7-12H2,1H3,(H,16,18). The predicted molar refractivity (Wildman–Crippen MR) is 82.4 cm³/mol. The molecule has 5 heteroatoms. The van der Waals surface area contributed by atoms with E-state index in [1.54, 1.807) is 11.8 Å². The molecule has 1 N–H and O–H groups in total. The molecule has 1 amide bonds. The lowest BCUT2D eigenvalue weighted by Gasteiger charge is -2.26. The smallest absolute Gasteiger partial charge is 0.251 e. The maximum absolute atomic E-state index is 12.0. The zero-order valence-electron chi connectivity index (χ0n) is 11.9. The molecule has 0 bridgehead atoms. The molecule has 2 rings (SSSR count). The van der Waals surface area contributed by atoms with Gasteiger partial charge >= 0.3 is 0 Å². The molecule has 4 nitrogen and oxygen atoms in total. The van der Waals surface area contributed by atoms with Crippen molar-refractivity contribution in [1.82, 2.24) is 10.2 Å². The Morgan fingerprint density at radius 1 is 1.30 bits per heavy atom. The summed E-state index contributed by atoms with van der Waals surface area (Å²) in [6.45, 7) is 7.20. The van der Waals surface area contributed by atoms with Gasteiger partial charge in [0.1, 0.15) is 0 Å². The summed E-state index contributed by atoms with van der Waals surface area (Å²) in [7, 11) is 0. The molecule has 1 aromatic carbocycles. The third-order valence-corrected chi connectivity index (χ3v) is 4.14. The van der Waals surface area contributed by atoms with E-state index in [2.05, 4.69) is 17.1 Å². The first kappa shape index (κ1) is 15.4. The summed E-state index contributed by atoms with van der Waals surface area (Å²) in [4.78, 5) is 15.5. The lowest BCUT2D eigenvalue weighted by molar-refractivity contribution is 0.0383. The lowest BCUT2D eigenvalue weighted by atomic mass is 10.2. The summed E-state index contributed by atoms with van der Waals surface area (Å²) in [5.41, 5.74) is 0.729. The fourth-order valence-corrected chi connectivity index (χ4v) is 2.79. The number of carbonyl (C=O) groups is 1. The normalized spacial score (nSPS) is 16.1. The Bertz CT molecular complexity index is 416. The molecule has 1 aliphatic rings. The van der Waals surface area contributed by atoms with Crippen molar-refractivity contribution in [2.45, 2.75) is 11.8 Å². The Morgan fingerprint density at radius 2 is 2.00 bits per heavy atom. The molecule has 0 spiro atoms. The molecule has 0 unspecified atom stereocenters. The number of morpholine rings is 1. The van der Waals surface area contributed by atoms with Crippen LogP contribution in [0.3, 0.4) is 0 Å². The molecular weight excluding hydrogens is 272 g/mol. The van der Waals surface area contributed by atoms with Crippen LogP contribution in [0, 0.1) is 0 Å². The number of rotatable bonds is 6. The van der Waals surface area contributed by atoms with Gasteiger partial charge in [-0.3, -0.25) is 9.69 Å². The zero-order chi connectivity index (χ0) is 14.2. The maximum Gasteiger partial charge on any atom is 0.251 e. The van der Waals surface area contributed by atoms with Crippen molar-refractivity contribution in [2.24, 2.45) is 0 Å². The van der Waals surface area contributed by atoms with Crippen molar-refractivity contribution in [3.05, 3.63) is 29.8 Å². The molecule has 0 aromatic heterocycles. The number of hydrogen-bond donors (Lipinski definition) is 1. The molecule has 110 valence electrons. The SMILES string of the molecule is CCSc1ccc(C(=O)NCCN2CCOCC2)cc1. The third-order valence-electron chi connectivity index (χ3n) is 3.24. The van der Waals surface area contributed by atoms with Gasteiger partial charge in [0.05, 0.1) is 13.2 Å². The van der Waals surface area contributed by atoms with Crippen molar-refractivity contribution in [1.29, 1.82) is 0 Å². The maximum atomic E-state index is 12.0. The highest BCUT2D eigenvalue weighted by Gasteiger charge is 2.10. The topological polar surface area (TPSA) is 41.6 Å². The Kier molecular flexibility index (Phi) is 6.36. The van der Waals surface area contributed by atoms with Crippen molar-refractivity contribution < 1.29 is 9.53 Å². The summed E-state index contributed by atoms with van der Waals surface area (Å²) >= 11 is 1.78. The van der Waals surface area contributed by atoms with E-state index in [0.29, 0.717) is 6.54 Å². The second-order valence-corrected chi connectivity index (χ2v) is 6.00. The highest BCUT2D eigenvalue weighted by atomic mass is 32.2. The zero-order valence-corrected chi connectivity index (χ0v) is 12.7. The summed E-state index contributed by atoms with van der Waals surface area (Å²) < 4.78 is 5.30. The van der Waals surface area contributed by atoms with Gasteiger partial charge in [0.2, 0.25) is 0 Å². The molecule has 0 aliphatic carbocycles. The van der Waals surface area contributed by atoms with Gasteiger partial charge in [-0.25, -0.2) is 0 Å². The molecule has 1 aliphatic heterocycles. The van der Waals surface area contributed by atoms with Crippen LogP contribution in [-0.4, -0.2) is 56.0 Å². The Balaban J connectivity index is 1.73. The fourth-order valence-electron chi connectivity index (χ4n) is 2.12. The summed E-state index contributed by atoms with van der Waals surface area (Å²) in [6.07, 6.45) is 0. The van der Waals surface area contributed by atoms with E-state index in [1.165, 1.54) is 4.90 Å². The quantitative estimate of drug-likeness (QED) is 0.813. The van der Waals surface area contributed by atoms with Gasteiger partial charge in [-0.1, -0.05) is 6.92 Å². The van der Waals surface area contributed by atoms with Gasteiger partial charge in [0.15, 0.2) is 0 Å². The summed E-state index contributed by atoms with van der Waals surface area (Å²) in [6, 6.07) is 7.79. The third kappa shape index (κ3) is 4.81. The van der Waals surface area contributed by atoms with Gasteiger partial charge in [-0.15, -0.1) is 11.8 Å². The van der Waals surface area contributed by atoms with E-state index >= 15 is 0 Å². The Labute approximate surface area is 124 Å². The average Bonchev–Trinajstić information content (AvgIpc) is 2.49. The molecule has 0 radical (unpaired) electrons. The summed E-state index contributed by atoms with van der Waals surface area (Å²) in [5.74, 6) is 1.05. The number of thioether (sulfide) groups is 1. The van der Waals surface area contributed by atoms with E-state index in [-0.39, 0.29) is 5.91 Å². The van der Waals surface area contributed by atoms with Crippen LogP contribution in [0.1, 0.15) is 17.3 Å². The number of carbonyl (C=O) groups excluding carboxylic acids is 1. The predicted octanol–water partition coefficient (Wildman–Crippen LogP) is 1.86. The number of benzene rings is 1. The van der Waals surface area contributed by atoms with Gasteiger partial charge in [-0.2, -0.15) is 0 Å². The number of ether oxygens (including phenoxy) is 1. The minimum atomic E-state index is 0.00584. The first-order valence-corrected chi connectivity index (χ1v) is 8.09. The minimum Gasteiger partial charge on any atom is -0.379 e. The van der Waals surface area contributed by atoms with Crippen molar-refractivity contribution in [3.8, 4) is 0 Å². The van der Waals surface area contributed by atoms with Crippen LogP contribution in [0.15, 0.2) is 29.2 Å². The van der Waals surface area contributed by atoms with E-state index in [1.807, 2.05) is 24.3 Å². The number of nitrogens with zero attached hydrogens (tertiary/aromatic N) is 1. The van der Waals surface area contributed by atoms with E-state index in [9.17, 15) is 4.79 Å². The van der Waals surface area contributed by atoms with Crippen LogP contribution in [0.25, 0.3) is 0 Å².